The summed E-state index contributed by atoms with van der Waals surface area (Å²) in [4.78, 5) is 2.46. The number of aliphatic hydroxyl groups excluding tert-OH is 1. The lowest BCUT2D eigenvalue weighted by atomic mass is 10.1. The maximum Gasteiger partial charge on any atom is 0.0607 e. The van der Waals surface area contributed by atoms with Gasteiger partial charge in [-0.15, -0.1) is 0 Å². The first-order chi connectivity index (χ1) is 8.62. The van der Waals surface area contributed by atoms with Crippen LogP contribution in [0.4, 0.5) is 5.69 Å². The molecule has 0 unspecified atom stereocenters. The van der Waals surface area contributed by atoms with E-state index in [4.69, 9.17) is 0 Å². The first-order valence-electron chi connectivity index (χ1n) is 6.81. The van der Waals surface area contributed by atoms with Gasteiger partial charge in [-0.2, -0.15) is 0 Å². The summed E-state index contributed by atoms with van der Waals surface area (Å²) < 4.78 is 0. The smallest absolute Gasteiger partial charge is 0.0607 e. The molecule has 100 valence electrons. The van der Waals surface area contributed by atoms with Gasteiger partial charge >= 0.3 is 0 Å². The summed E-state index contributed by atoms with van der Waals surface area (Å²) in [5.41, 5.74) is 2.44. The molecule has 1 aliphatic heterocycles. The van der Waals surface area contributed by atoms with Gasteiger partial charge < -0.3 is 15.3 Å². The molecule has 0 spiro atoms. The van der Waals surface area contributed by atoms with E-state index in [0.717, 1.165) is 6.54 Å². The average Bonchev–Trinajstić information content (AvgIpc) is 2.91. The molecule has 0 amide bonds. The van der Waals surface area contributed by atoms with Crippen molar-refractivity contribution in [2.45, 2.75) is 38.8 Å². The number of anilines is 1. The summed E-state index contributed by atoms with van der Waals surface area (Å²) in [7, 11) is 0. The first kappa shape index (κ1) is 13.4. The van der Waals surface area contributed by atoms with Crippen LogP contribution < -0.4 is 10.2 Å². The summed E-state index contributed by atoms with van der Waals surface area (Å²) >= 11 is 0. The van der Waals surface area contributed by atoms with Crippen molar-refractivity contribution in [3.05, 3.63) is 29.8 Å². The highest BCUT2D eigenvalue weighted by Crippen LogP contribution is 2.24. The molecule has 0 aromatic heterocycles. The number of aliphatic hydroxyl groups is 1. The van der Waals surface area contributed by atoms with E-state index in [1.807, 2.05) is 13.8 Å². The molecule has 1 saturated heterocycles. The van der Waals surface area contributed by atoms with Crippen LogP contribution in [-0.2, 0) is 6.54 Å². The number of benzene rings is 1. The van der Waals surface area contributed by atoms with E-state index in [1.165, 1.54) is 37.2 Å². The number of hydrogen-bond donors (Lipinski definition) is 2. The Morgan fingerprint density at radius 1 is 1.22 bits per heavy atom. The topological polar surface area (TPSA) is 35.5 Å². The maximum absolute atomic E-state index is 9.28. The zero-order valence-corrected chi connectivity index (χ0v) is 11.4. The molecule has 1 aliphatic rings. The molecule has 1 heterocycles. The third kappa shape index (κ3) is 3.24. The van der Waals surface area contributed by atoms with Crippen LogP contribution in [0.25, 0.3) is 0 Å². The van der Waals surface area contributed by atoms with E-state index in [0.29, 0.717) is 0 Å². The Labute approximate surface area is 110 Å². The molecule has 1 aromatic rings. The highest BCUT2D eigenvalue weighted by Gasteiger charge is 2.18. The minimum absolute atomic E-state index is 0.152. The zero-order chi connectivity index (χ0) is 13.0. The van der Waals surface area contributed by atoms with Gasteiger partial charge in [-0.25, -0.2) is 0 Å². The van der Waals surface area contributed by atoms with E-state index in [-0.39, 0.29) is 12.1 Å². The molecule has 1 aromatic carbocycles. The van der Waals surface area contributed by atoms with Crippen LogP contribution >= 0.6 is 0 Å². The van der Waals surface area contributed by atoms with Gasteiger partial charge in [0.1, 0.15) is 0 Å². The van der Waals surface area contributed by atoms with Crippen LogP contribution in [-0.4, -0.2) is 30.3 Å². The Hall–Kier alpha value is -1.06. The summed E-state index contributed by atoms with van der Waals surface area (Å²) in [5, 5.41) is 12.7. The second kappa shape index (κ2) is 5.72. The Bertz CT molecular complexity index is 384. The third-order valence-corrected chi connectivity index (χ3v) is 3.59. The molecule has 0 radical (unpaired) electrons. The lowest BCUT2D eigenvalue weighted by Gasteiger charge is -2.26. The Morgan fingerprint density at radius 2 is 1.89 bits per heavy atom. The second-order valence-electron chi connectivity index (χ2n) is 5.72. The van der Waals surface area contributed by atoms with Crippen molar-refractivity contribution >= 4 is 5.69 Å². The van der Waals surface area contributed by atoms with Crippen molar-refractivity contribution in [3.8, 4) is 0 Å². The fourth-order valence-corrected chi connectivity index (χ4v) is 2.32. The molecule has 18 heavy (non-hydrogen) atoms. The Morgan fingerprint density at radius 3 is 2.56 bits per heavy atom. The molecular weight excluding hydrogens is 224 g/mol. The molecular formula is C15H24N2O. The fraction of sp³-hybridized carbons (Fsp3) is 0.600. The van der Waals surface area contributed by atoms with Crippen molar-refractivity contribution in [2.75, 3.05) is 24.6 Å². The first-order valence-corrected chi connectivity index (χ1v) is 6.81. The van der Waals surface area contributed by atoms with Gasteiger partial charge in [0, 0.05) is 30.9 Å². The van der Waals surface area contributed by atoms with Gasteiger partial charge in [-0.1, -0.05) is 18.2 Å². The molecule has 1 fully saturated rings. The van der Waals surface area contributed by atoms with Gasteiger partial charge in [0.05, 0.1) is 6.61 Å². The van der Waals surface area contributed by atoms with E-state index in [1.54, 1.807) is 0 Å². The molecule has 0 saturated carbocycles. The van der Waals surface area contributed by atoms with Crippen molar-refractivity contribution in [2.24, 2.45) is 0 Å². The summed E-state index contributed by atoms with van der Waals surface area (Å²) in [5.74, 6) is 0. The highest BCUT2D eigenvalue weighted by molar-refractivity contribution is 5.54. The van der Waals surface area contributed by atoms with E-state index < -0.39 is 0 Å². The summed E-state index contributed by atoms with van der Waals surface area (Å²) in [6.07, 6.45) is 2.59. The fourth-order valence-electron chi connectivity index (χ4n) is 2.32. The van der Waals surface area contributed by atoms with Crippen molar-refractivity contribution in [3.63, 3.8) is 0 Å². The molecule has 0 atom stereocenters. The van der Waals surface area contributed by atoms with Crippen molar-refractivity contribution in [1.82, 2.24) is 5.32 Å². The van der Waals surface area contributed by atoms with Gasteiger partial charge in [-0.05, 0) is 38.3 Å². The minimum Gasteiger partial charge on any atom is -0.394 e. The number of nitrogens with one attached hydrogen (secondary N) is 1. The Kier molecular flexibility index (Phi) is 4.25. The third-order valence-electron chi connectivity index (χ3n) is 3.59. The Balaban J connectivity index is 2.07. The monoisotopic (exact) mass is 248 g/mol. The molecule has 0 aliphatic carbocycles. The molecule has 3 nitrogen and oxygen atoms in total. The standard InChI is InChI=1S/C15H24N2O/c1-15(2,12-18)16-11-13-7-3-4-8-14(13)17-9-5-6-10-17/h3-4,7-8,16,18H,5-6,9-12H2,1-2H3. The SMILES string of the molecule is CC(C)(CO)NCc1ccccc1N1CCCC1. The lowest BCUT2D eigenvalue weighted by molar-refractivity contribution is 0.187. The number of hydrogen-bond acceptors (Lipinski definition) is 3. The van der Waals surface area contributed by atoms with Crippen LogP contribution in [0, 0.1) is 0 Å². The van der Waals surface area contributed by atoms with Crippen LogP contribution in [0.2, 0.25) is 0 Å². The van der Waals surface area contributed by atoms with E-state index in [2.05, 4.69) is 34.5 Å². The number of rotatable bonds is 5. The lowest BCUT2D eigenvalue weighted by Crippen LogP contribution is -2.42. The number of para-hydroxylation sites is 1. The van der Waals surface area contributed by atoms with E-state index >= 15 is 0 Å². The van der Waals surface area contributed by atoms with Gasteiger partial charge in [0.25, 0.3) is 0 Å². The quantitative estimate of drug-likeness (QED) is 0.838. The van der Waals surface area contributed by atoms with Gasteiger partial charge in [-0.3, -0.25) is 0 Å². The highest BCUT2D eigenvalue weighted by atomic mass is 16.3. The molecule has 3 heteroatoms. The van der Waals surface area contributed by atoms with Crippen molar-refractivity contribution < 1.29 is 5.11 Å². The minimum atomic E-state index is -0.224. The van der Waals surface area contributed by atoms with Gasteiger partial charge in [0.15, 0.2) is 0 Å². The molecule has 2 rings (SSSR count). The summed E-state index contributed by atoms with van der Waals surface area (Å²) in [6, 6.07) is 8.57. The normalized spacial score (nSPS) is 16.3. The van der Waals surface area contributed by atoms with Gasteiger partial charge in [0.2, 0.25) is 0 Å². The van der Waals surface area contributed by atoms with Crippen LogP contribution in [0.1, 0.15) is 32.3 Å². The van der Waals surface area contributed by atoms with E-state index in [9.17, 15) is 5.11 Å². The zero-order valence-electron chi connectivity index (χ0n) is 11.4. The second-order valence-corrected chi connectivity index (χ2v) is 5.72. The predicted octanol–water partition coefficient (Wildman–Crippen LogP) is 2.15. The maximum atomic E-state index is 9.28. The number of nitrogens with zero attached hydrogens (tertiary/aromatic N) is 1. The summed E-state index contributed by atoms with van der Waals surface area (Å²) in [6.45, 7) is 7.33. The largest absolute Gasteiger partial charge is 0.394 e. The van der Waals surface area contributed by atoms with Crippen LogP contribution in [0.3, 0.4) is 0 Å². The molecule has 2 N–H and O–H groups in total. The van der Waals surface area contributed by atoms with Crippen LogP contribution in [0.15, 0.2) is 24.3 Å². The average molecular weight is 248 g/mol. The molecule has 0 bridgehead atoms. The van der Waals surface area contributed by atoms with Crippen molar-refractivity contribution in [1.29, 1.82) is 0 Å². The predicted molar refractivity (Wildman–Crippen MR) is 75.9 cm³/mol. The van der Waals surface area contributed by atoms with Crippen LogP contribution in [0.5, 0.6) is 0 Å².